The van der Waals surface area contributed by atoms with Crippen LogP contribution in [0.5, 0.6) is 5.75 Å². The highest BCUT2D eigenvalue weighted by Crippen LogP contribution is 2.48. The van der Waals surface area contributed by atoms with Crippen molar-refractivity contribution < 1.29 is 27.5 Å². The molecular formula is C37H42N4O6S. The van der Waals surface area contributed by atoms with Crippen molar-refractivity contribution >= 4 is 44.5 Å². The third-order valence-corrected chi connectivity index (χ3v) is 11.6. The number of amides is 1. The van der Waals surface area contributed by atoms with E-state index in [4.69, 9.17) is 14.6 Å². The van der Waals surface area contributed by atoms with Crippen molar-refractivity contribution in [2.24, 2.45) is 0 Å². The lowest BCUT2D eigenvalue weighted by atomic mass is 9.81. The van der Waals surface area contributed by atoms with Gasteiger partial charge in [0.1, 0.15) is 17.0 Å². The van der Waals surface area contributed by atoms with E-state index in [2.05, 4.69) is 21.4 Å². The standard InChI is InChI=1S/C37H42N4O6S/c1-5-47-37(43)31-21-41(27-12-13-27)38-34(31)26-17-25-18-28(46-4)14-16-29(25)35-33(23-9-7-6-8-10-23)30-15-11-24(19-32(30)40(35)20-26)36(42)39-48(44,45)22(2)3/h11,14-19,21-23,27H,5-10,12-13,20H2,1-4H3,(H,39,42). The molecule has 2 aromatic carbocycles. The summed E-state index contributed by atoms with van der Waals surface area (Å²) < 4.78 is 42.8. The van der Waals surface area contributed by atoms with Gasteiger partial charge in [0.2, 0.25) is 10.0 Å². The van der Waals surface area contributed by atoms with Crippen molar-refractivity contribution in [2.75, 3.05) is 13.7 Å². The molecule has 2 aliphatic carbocycles. The van der Waals surface area contributed by atoms with Gasteiger partial charge in [-0.2, -0.15) is 5.10 Å². The molecule has 0 spiro atoms. The van der Waals surface area contributed by atoms with Crippen LogP contribution >= 0.6 is 0 Å². The summed E-state index contributed by atoms with van der Waals surface area (Å²) in [4.78, 5) is 26.7. The van der Waals surface area contributed by atoms with E-state index in [1.807, 2.05) is 29.1 Å². The highest BCUT2D eigenvalue weighted by Gasteiger charge is 2.33. The summed E-state index contributed by atoms with van der Waals surface area (Å²) in [5, 5.41) is 5.27. The number of methoxy groups -OCH3 is 1. The number of ether oxygens (including phenoxy) is 2. The van der Waals surface area contributed by atoms with Gasteiger partial charge in [0.25, 0.3) is 5.91 Å². The number of carbonyl (C=O) groups is 2. The van der Waals surface area contributed by atoms with Crippen molar-refractivity contribution in [2.45, 2.75) is 89.5 Å². The fourth-order valence-electron chi connectivity index (χ4n) is 7.15. The number of benzene rings is 2. The van der Waals surface area contributed by atoms with Gasteiger partial charge in [-0.3, -0.25) is 9.48 Å². The van der Waals surface area contributed by atoms with E-state index < -0.39 is 27.1 Å². The van der Waals surface area contributed by atoms with Gasteiger partial charge >= 0.3 is 5.97 Å². The van der Waals surface area contributed by atoms with Gasteiger partial charge in [-0.25, -0.2) is 17.9 Å². The van der Waals surface area contributed by atoms with Crippen LogP contribution in [-0.2, 0) is 21.3 Å². The largest absolute Gasteiger partial charge is 0.497 e. The number of aromatic nitrogens is 3. The molecule has 10 nitrogen and oxygen atoms in total. The SMILES string of the molecule is CCOC(=O)c1cn(C2CC2)nc1C1=Cc2cc(OC)ccc2-c2c(C3CCCCC3)c3ccc(C(=O)NS(=O)(=O)C(C)C)cc3n2C1. The number of carbonyl (C=O) groups excluding carboxylic acids is 2. The lowest BCUT2D eigenvalue weighted by Crippen LogP contribution is -2.35. The molecule has 4 aromatic rings. The summed E-state index contributed by atoms with van der Waals surface area (Å²) in [6.07, 6.45) is 11.5. The van der Waals surface area contributed by atoms with Crippen molar-refractivity contribution in [1.82, 2.24) is 19.1 Å². The number of allylic oxidation sites excluding steroid dienone is 1. The number of nitrogens with zero attached hydrogens (tertiary/aromatic N) is 3. The molecule has 252 valence electrons. The second-order valence-corrected chi connectivity index (χ2v) is 15.6. The molecule has 0 saturated heterocycles. The number of esters is 1. The molecule has 2 fully saturated rings. The molecule has 11 heteroatoms. The van der Waals surface area contributed by atoms with Crippen LogP contribution in [-0.4, -0.2) is 53.6 Å². The first kappa shape index (κ1) is 32.2. The van der Waals surface area contributed by atoms with E-state index in [1.54, 1.807) is 26.2 Å². The second-order valence-electron chi connectivity index (χ2n) is 13.4. The Morgan fingerprint density at radius 3 is 2.50 bits per heavy atom. The fourth-order valence-corrected chi connectivity index (χ4v) is 7.76. The average Bonchev–Trinajstić information content (AvgIpc) is 3.79. The Balaban J connectivity index is 1.47. The van der Waals surface area contributed by atoms with Crippen LogP contribution in [0, 0.1) is 0 Å². The Kier molecular flexibility index (Phi) is 8.43. The van der Waals surface area contributed by atoms with Crippen molar-refractivity contribution in [3.05, 3.63) is 70.5 Å². The van der Waals surface area contributed by atoms with Gasteiger partial charge in [-0.1, -0.05) is 25.3 Å². The molecule has 48 heavy (non-hydrogen) atoms. The average molecular weight is 671 g/mol. The molecule has 1 N–H and O–H groups in total. The van der Waals surface area contributed by atoms with Crippen LogP contribution in [0.4, 0.5) is 0 Å². The van der Waals surface area contributed by atoms with Gasteiger partial charge in [0, 0.05) is 33.8 Å². The van der Waals surface area contributed by atoms with Gasteiger partial charge in [-0.05, 0) is 99.9 Å². The zero-order valence-corrected chi connectivity index (χ0v) is 28.7. The summed E-state index contributed by atoms with van der Waals surface area (Å²) in [5.41, 5.74) is 7.18. The predicted molar refractivity (Wildman–Crippen MR) is 186 cm³/mol. The monoisotopic (exact) mass is 670 g/mol. The van der Waals surface area contributed by atoms with E-state index in [0.29, 0.717) is 29.5 Å². The van der Waals surface area contributed by atoms with Crippen molar-refractivity contribution in [3.8, 4) is 17.0 Å². The first-order valence-corrected chi connectivity index (χ1v) is 18.5. The molecule has 0 radical (unpaired) electrons. The van der Waals surface area contributed by atoms with Gasteiger partial charge in [-0.15, -0.1) is 0 Å². The van der Waals surface area contributed by atoms with Crippen LogP contribution in [0.25, 0.3) is 33.8 Å². The van der Waals surface area contributed by atoms with E-state index in [-0.39, 0.29) is 18.2 Å². The lowest BCUT2D eigenvalue weighted by Gasteiger charge is -2.24. The van der Waals surface area contributed by atoms with Crippen LogP contribution in [0.3, 0.4) is 0 Å². The number of sulfonamides is 1. The molecule has 7 rings (SSSR count). The van der Waals surface area contributed by atoms with Gasteiger partial charge in [0.15, 0.2) is 0 Å². The predicted octanol–water partition coefficient (Wildman–Crippen LogP) is 7.09. The maximum atomic E-state index is 13.4. The lowest BCUT2D eigenvalue weighted by molar-refractivity contribution is 0.0525. The molecule has 3 heterocycles. The Labute approximate surface area is 281 Å². The summed E-state index contributed by atoms with van der Waals surface area (Å²) in [6, 6.07) is 11.8. The minimum absolute atomic E-state index is 0.250. The van der Waals surface area contributed by atoms with Crippen molar-refractivity contribution in [3.63, 3.8) is 0 Å². The van der Waals surface area contributed by atoms with Crippen LogP contribution in [0.15, 0.2) is 42.6 Å². The number of fused-ring (bicyclic) bond motifs is 5. The van der Waals surface area contributed by atoms with E-state index in [1.165, 1.54) is 25.8 Å². The third-order valence-electron chi connectivity index (χ3n) is 9.86. The second kappa shape index (κ2) is 12.6. The maximum absolute atomic E-state index is 13.4. The minimum atomic E-state index is -3.82. The zero-order chi connectivity index (χ0) is 33.7. The first-order valence-electron chi connectivity index (χ1n) is 17.0. The molecule has 2 saturated carbocycles. The summed E-state index contributed by atoms with van der Waals surface area (Å²) >= 11 is 0. The minimum Gasteiger partial charge on any atom is -0.497 e. The van der Waals surface area contributed by atoms with Crippen LogP contribution < -0.4 is 9.46 Å². The van der Waals surface area contributed by atoms with Gasteiger partial charge < -0.3 is 14.0 Å². The zero-order valence-electron chi connectivity index (χ0n) is 27.9. The molecular weight excluding hydrogens is 628 g/mol. The van der Waals surface area contributed by atoms with E-state index in [9.17, 15) is 18.0 Å². The molecule has 0 bridgehead atoms. The van der Waals surface area contributed by atoms with E-state index in [0.717, 1.165) is 71.8 Å². The number of nitrogens with one attached hydrogen (secondary N) is 1. The Morgan fingerprint density at radius 1 is 1.04 bits per heavy atom. The summed E-state index contributed by atoms with van der Waals surface area (Å²) in [5.74, 6) is -0.0457. The first-order chi connectivity index (χ1) is 23.1. The number of hydrogen-bond donors (Lipinski definition) is 1. The fraction of sp³-hybridized carbons (Fsp3) is 0.432. The smallest absolute Gasteiger partial charge is 0.341 e. The Morgan fingerprint density at radius 2 is 1.81 bits per heavy atom. The topological polar surface area (TPSA) is 122 Å². The molecule has 1 amide bonds. The highest BCUT2D eigenvalue weighted by atomic mass is 32.2. The molecule has 3 aliphatic rings. The van der Waals surface area contributed by atoms with E-state index >= 15 is 0 Å². The normalized spacial score (nSPS) is 16.6. The van der Waals surface area contributed by atoms with Crippen LogP contribution in [0.1, 0.15) is 115 Å². The quantitative estimate of drug-likeness (QED) is 0.189. The Hall–Kier alpha value is -4.38. The molecule has 0 unspecified atom stereocenters. The molecule has 2 aromatic heterocycles. The summed E-state index contributed by atoms with van der Waals surface area (Å²) in [7, 11) is -2.18. The number of rotatable bonds is 9. The summed E-state index contributed by atoms with van der Waals surface area (Å²) in [6.45, 7) is 5.50. The third kappa shape index (κ3) is 5.82. The number of hydrogen-bond acceptors (Lipinski definition) is 7. The molecule has 0 atom stereocenters. The molecule has 1 aliphatic heterocycles. The van der Waals surface area contributed by atoms with Crippen molar-refractivity contribution in [1.29, 1.82) is 0 Å². The van der Waals surface area contributed by atoms with Crippen LogP contribution in [0.2, 0.25) is 0 Å². The Bertz CT molecular complexity index is 2060. The van der Waals surface area contributed by atoms with Gasteiger partial charge in [0.05, 0.1) is 37.2 Å². The maximum Gasteiger partial charge on any atom is 0.341 e. The highest BCUT2D eigenvalue weighted by molar-refractivity contribution is 7.90.